The first-order chi connectivity index (χ1) is 14.7. The van der Waals surface area contributed by atoms with Gasteiger partial charge in [-0.25, -0.2) is 8.78 Å². The zero-order valence-corrected chi connectivity index (χ0v) is 17.6. The van der Waals surface area contributed by atoms with E-state index in [1.807, 2.05) is 32.0 Å². The van der Waals surface area contributed by atoms with Gasteiger partial charge in [0, 0.05) is 30.9 Å². The lowest BCUT2D eigenvalue weighted by Crippen LogP contribution is -2.37. The van der Waals surface area contributed by atoms with Crippen LogP contribution < -0.4 is 16.0 Å². The fourth-order valence-electron chi connectivity index (χ4n) is 4.26. The number of hydrogen-bond acceptors (Lipinski definition) is 5. The Hall–Kier alpha value is -2.97. The molecule has 2 amide bonds. The number of benzene rings is 1. The lowest BCUT2D eigenvalue weighted by molar-refractivity contribution is -0.122. The second kappa shape index (κ2) is 8.28. The van der Waals surface area contributed by atoms with Crippen molar-refractivity contribution in [3.63, 3.8) is 0 Å². The number of aryl methyl sites for hydroxylation is 2. The minimum Gasteiger partial charge on any atom is -0.381 e. The molecule has 1 saturated heterocycles. The zero-order valence-electron chi connectivity index (χ0n) is 17.6. The van der Waals surface area contributed by atoms with Crippen LogP contribution in [0.25, 0.3) is 11.1 Å². The van der Waals surface area contributed by atoms with Crippen molar-refractivity contribution in [1.29, 1.82) is 0 Å². The van der Waals surface area contributed by atoms with Crippen LogP contribution in [0.3, 0.4) is 0 Å². The van der Waals surface area contributed by atoms with Crippen LogP contribution in [0.1, 0.15) is 50.0 Å². The second-order valence-electron chi connectivity index (χ2n) is 8.38. The Labute approximate surface area is 178 Å². The van der Waals surface area contributed by atoms with Gasteiger partial charge in [0.1, 0.15) is 11.8 Å². The van der Waals surface area contributed by atoms with E-state index in [0.717, 1.165) is 16.8 Å². The maximum atomic E-state index is 13.5. The minimum absolute atomic E-state index is 0.105. The van der Waals surface area contributed by atoms with Crippen molar-refractivity contribution in [2.45, 2.75) is 70.4 Å². The maximum Gasteiger partial charge on any atom is 0.248 e. The zero-order chi connectivity index (χ0) is 22.2. The number of alkyl halides is 2. The third-order valence-electron chi connectivity index (χ3n) is 5.99. The molecule has 31 heavy (non-hydrogen) atoms. The molecule has 2 aliphatic rings. The standard InChI is InChI=1S/C22H26F2N4O3/c1-12-20(13(2)31-28-12)14-3-4-16(25-15-7-9-22(23,24)10-8-15)18(11-14)27-21(30)17-5-6-19(29)26-17/h3-4,11,15,17,25H,5-10H2,1-2H3,(H,26,29)(H,27,30). The SMILES string of the molecule is Cc1noc(C)c1-c1ccc(NC2CCC(F)(F)CC2)c(NC(=O)C2CCC(=O)N2)c1. The van der Waals surface area contributed by atoms with E-state index < -0.39 is 12.0 Å². The number of halogens is 2. The summed E-state index contributed by atoms with van der Waals surface area (Å²) in [5.41, 5.74) is 3.58. The molecule has 1 aliphatic carbocycles. The quantitative estimate of drug-likeness (QED) is 0.659. The summed E-state index contributed by atoms with van der Waals surface area (Å²) < 4.78 is 32.3. The molecule has 4 rings (SSSR count). The summed E-state index contributed by atoms with van der Waals surface area (Å²) in [4.78, 5) is 24.2. The Morgan fingerprint density at radius 2 is 1.94 bits per heavy atom. The average Bonchev–Trinajstić information content (AvgIpc) is 3.30. The van der Waals surface area contributed by atoms with Crippen LogP contribution in [0.4, 0.5) is 20.2 Å². The summed E-state index contributed by atoms with van der Waals surface area (Å²) >= 11 is 0. The minimum atomic E-state index is -2.61. The van der Waals surface area contributed by atoms with Crippen LogP contribution in [-0.4, -0.2) is 35.0 Å². The van der Waals surface area contributed by atoms with E-state index in [4.69, 9.17) is 4.52 Å². The van der Waals surface area contributed by atoms with Crippen LogP contribution in [0.15, 0.2) is 22.7 Å². The van der Waals surface area contributed by atoms with E-state index in [0.29, 0.717) is 42.8 Å². The van der Waals surface area contributed by atoms with Crippen LogP contribution >= 0.6 is 0 Å². The molecule has 1 saturated carbocycles. The first-order valence-electron chi connectivity index (χ1n) is 10.5. The number of nitrogens with zero attached hydrogens (tertiary/aromatic N) is 1. The van der Waals surface area contributed by atoms with E-state index in [1.54, 1.807) is 0 Å². The highest BCUT2D eigenvalue weighted by Gasteiger charge is 2.35. The van der Waals surface area contributed by atoms with E-state index in [2.05, 4.69) is 21.1 Å². The molecule has 2 aromatic rings. The third kappa shape index (κ3) is 4.70. The first-order valence-corrected chi connectivity index (χ1v) is 10.5. The predicted octanol–water partition coefficient (Wildman–Crippen LogP) is 4.17. The van der Waals surface area contributed by atoms with Crippen LogP contribution in [-0.2, 0) is 9.59 Å². The van der Waals surface area contributed by atoms with Crippen molar-refractivity contribution in [2.24, 2.45) is 0 Å². The number of anilines is 2. The van der Waals surface area contributed by atoms with Crippen molar-refractivity contribution in [2.75, 3.05) is 10.6 Å². The Morgan fingerprint density at radius 3 is 2.55 bits per heavy atom. The topological polar surface area (TPSA) is 96.3 Å². The number of nitrogens with one attached hydrogen (secondary N) is 3. The van der Waals surface area contributed by atoms with E-state index in [-0.39, 0.29) is 30.7 Å². The molecule has 1 unspecified atom stereocenters. The van der Waals surface area contributed by atoms with Gasteiger partial charge in [0.15, 0.2) is 0 Å². The van der Waals surface area contributed by atoms with E-state index in [1.165, 1.54) is 0 Å². The van der Waals surface area contributed by atoms with Gasteiger partial charge < -0.3 is 20.5 Å². The van der Waals surface area contributed by atoms with Gasteiger partial charge in [0.25, 0.3) is 0 Å². The molecular formula is C22H26F2N4O3. The summed E-state index contributed by atoms with van der Waals surface area (Å²) in [5, 5.41) is 12.9. The van der Waals surface area contributed by atoms with Crippen LogP contribution in [0, 0.1) is 13.8 Å². The van der Waals surface area contributed by atoms with E-state index in [9.17, 15) is 18.4 Å². The molecule has 0 bridgehead atoms. The highest BCUT2D eigenvalue weighted by Crippen LogP contribution is 2.37. The number of carbonyl (C=O) groups is 2. The fourth-order valence-corrected chi connectivity index (χ4v) is 4.26. The lowest BCUT2D eigenvalue weighted by atomic mass is 9.92. The number of aromatic nitrogens is 1. The van der Waals surface area contributed by atoms with Gasteiger partial charge in [-0.15, -0.1) is 0 Å². The monoisotopic (exact) mass is 432 g/mol. The van der Waals surface area contributed by atoms with Crippen molar-refractivity contribution in [3.8, 4) is 11.1 Å². The van der Waals surface area contributed by atoms with Crippen molar-refractivity contribution in [1.82, 2.24) is 10.5 Å². The number of hydrogen-bond donors (Lipinski definition) is 3. The summed E-state index contributed by atoms with van der Waals surface area (Å²) in [5.74, 6) is -2.40. The number of amides is 2. The highest BCUT2D eigenvalue weighted by molar-refractivity contribution is 6.01. The summed E-state index contributed by atoms with van der Waals surface area (Å²) in [6.45, 7) is 3.66. The summed E-state index contributed by atoms with van der Waals surface area (Å²) in [6.07, 6.45) is 1.15. The molecule has 2 heterocycles. The second-order valence-corrected chi connectivity index (χ2v) is 8.38. The van der Waals surface area contributed by atoms with Gasteiger partial charge in [-0.1, -0.05) is 11.2 Å². The summed E-state index contributed by atoms with van der Waals surface area (Å²) in [7, 11) is 0. The van der Waals surface area contributed by atoms with Gasteiger partial charge in [-0.05, 0) is 50.8 Å². The normalized spacial score (nSPS) is 21.0. The number of rotatable bonds is 5. The molecule has 1 aromatic heterocycles. The Morgan fingerprint density at radius 1 is 1.19 bits per heavy atom. The van der Waals surface area contributed by atoms with Gasteiger partial charge in [0.2, 0.25) is 17.7 Å². The molecule has 7 nitrogen and oxygen atoms in total. The lowest BCUT2D eigenvalue weighted by Gasteiger charge is -2.30. The fraction of sp³-hybridized carbons (Fsp3) is 0.500. The molecule has 0 radical (unpaired) electrons. The highest BCUT2D eigenvalue weighted by atomic mass is 19.3. The average molecular weight is 432 g/mol. The van der Waals surface area contributed by atoms with Crippen molar-refractivity contribution >= 4 is 23.2 Å². The van der Waals surface area contributed by atoms with Crippen molar-refractivity contribution < 1.29 is 22.9 Å². The van der Waals surface area contributed by atoms with Crippen molar-refractivity contribution in [3.05, 3.63) is 29.7 Å². The molecule has 1 aromatic carbocycles. The molecular weight excluding hydrogens is 406 g/mol. The number of carbonyl (C=O) groups excluding carboxylic acids is 2. The molecule has 0 spiro atoms. The van der Waals surface area contributed by atoms with Gasteiger partial charge in [0.05, 0.1) is 17.1 Å². The van der Waals surface area contributed by atoms with Gasteiger partial charge in [-0.3, -0.25) is 9.59 Å². The van der Waals surface area contributed by atoms with E-state index >= 15 is 0 Å². The van der Waals surface area contributed by atoms with Gasteiger partial charge >= 0.3 is 0 Å². The first kappa shape index (κ1) is 21.3. The Kier molecular flexibility index (Phi) is 5.68. The van der Waals surface area contributed by atoms with Gasteiger partial charge in [-0.2, -0.15) is 0 Å². The molecule has 1 aliphatic heterocycles. The van der Waals surface area contributed by atoms with Crippen LogP contribution in [0.5, 0.6) is 0 Å². The molecule has 2 fully saturated rings. The third-order valence-corrected chi connectivity index (χ3v) is 5.99. The maximum absolute atomic E-state index is 13.5. The summed E-state index contributed by atoms with van der Waals surface area (Å²) in [6, 6.07) is 4.85. The molecule has 3 N–H and O–H groups in total. The largest absolute Gasteiger partial charge is 0.381 e. The Balaban J connectivity index is 1.60. The molecule has 166 valence electrons. The molecule has 1 atom stereocenters. The smallest absolute Gasteiger partial charge is 0.248 e. The molecule has 9 heteroatoms. The van der Waals surface area contributed by atoms with Crippen LogP contribution in [0.2, 0.25) is 0 Å². The predicted molar refractivity (Wildman–Crippen MR) is 112 cm³/mol. The Bertz CT molecular complexity index is 975.